The van der Waals surface area contributed by atoms with Gasteiger partial charge in [0.25, 0.3) is 0 Å². The highest BCUT2D eigenvalue weighted by Crippen LogP contribution is 2.24. The minimum Gasteiger partial charge on any atom is -0.301 e. The molecule has 0 amide bonds. The van der Waals surface area contributed by atoms with Crippen molar-refractivity contribution in [1.29, 1.82) is 0 Å². The normalized spacial score (nSPS) is 17.6. The third kappa shape index (κ3) is 3.15. The van der Waals surface area contributed by atoms with E-state index in [1.807, 2.05) is 6.92 Å². The van der Waals surface area contributed by atoms with E-state index in [9.17, 15) is 13.2 Å². The van der Waals surface area contributed by atoms with E-state index >= 15 is 0 Å². The van der Waals surface area contributed by atoms with Crippen LogP contribution in [-0.2, 0) is 16.6 Å². The van der Waals surface area contributed by atoms with Crippen LogP contribution in [0.4, 0.5) is 0 Å². The average Bonchev–Trinajstić information content (AvgIpc) is 2.90. The quantitative estimate of drug-likeness (QED) is 0.806. The van der Waals surface area contributed by atoms with Crippen molar-refractivity contribution in [2.75, 3.05) is 32.7 Å². The van der Waals surface area contributed by atoms with Crippen LogP contribution >= 0.6 is 11.3 Å². The second-order valence-corrected chi connectivity index (χ2v) is 8.92. The number of likely N-dealkylation sites (N-methyl/N-ethyl adjacent to an activating group) is 1. The maximum atomic E-state index is 12.9. The second-order valence-electron chi connectivity index (χ2n) is 5.99. The van der Waals surface area contributed by atoms with Gasteiger partial charge in [0.1, 0.15) is 0 Å². The molecule has 1 saturated heterocycles. The summed E-state index contributed by atoms with van der Waals surface area (Å²) in [5.74, 6) is 0. The lowest BCUT2D eigenvalue weighted by Crippen LogP contribution is -2.48. The molecule has 3 rings (SSSR count). The first kappa shape index (κ1) is 17.6. The summed E-state index contributed by atoms with van der Waals surface area (Å²) in [5, 5.41) is 0. The number of aryl methyl sites for hydroxylation is 1. The molecule has 2 aromatic rings. The number of sulfonamides is 1. The lowest BCUT2D eigenvalue weighted by atomic mass is 10.3. The minimum absolute atomic E-state index is 0.0297. The molecule has 6 nitrogen and oxygen atoms in total. The van der Waals surface area contributed by atoms with Gasteiger partial charge in [-0.1, -0.05) is 25.2 Å². The van der Waals surface area contributed by atoms with E-state index in [2.05, 4.69) is 11.8 Å². The van der Waals surface area contributed by atoms with Gasteiger partial charge in [-0.25, -0.2) is 8.42 Å². The fourth-order valence-corrected chi connectivity index (χ4v) is 5.56. The number of nitrogens with zero attached hydrogens (tertiary/aromatic N) is 3. The van der Waals surface area contributed by atoms with Crippen molar-refractivity contribution in [2.45, 2.75) is 31.7 Å². The molecule has 1 aliphatic rings. The number of hydrogen-bond acceptors (Lipinski definition) is 5. The van der Waals surface area contributed by atoms with Gasteiger partial charge in [-0.05, 0) is 31.2 Å². The molecular formula is C16H23N3O3S2. The third-order valence-corrected chi connectivity index (χ3v) is 7.34. The van der Waals surface area contributed by atoms with Crippen LogP contribution in [-0.4, -0.2) is 54.9 Å². The predicted octanol–water partition coefficient (Wildman–Crippen LogP) is 1.80. The number of aromatic nitrogens is 1. The minimum atomic E-state index is -3.50. The Kier molecular flexibility index (Phi) is 5.10. The van der Waals surface area contributed by atoms with Crippen molar-refractivity contribution < 1.29 is 8.42 Å². The maximum absolute atomic E-state index is 12.9. The molecule has 132 valence electrons. The number of piperazine rings is 1. The van der Waals surface area contributed by atoms with Gasteiger partial charge in [0.2, 0.25) is 10.0 Å². The van der Waals surface area contributed by atoms with Gasteiger partial charge >= 0.3 is 4.87 Å². The van der Waals surface area contributed by atoms with Gasteiger partial charge in [0.05, 0.1) is 15.1 Å². The fourth-order valence-electron chi connectivity index (χ4n) is 3.08. The molecule has 0 atom stereocenters. The molecule has 0 bridgehead atoms. The van der Waals surface area contributed by atoms with E-state index in [0.717, 1.165) is 47.6 Å². The molecule has 0 aliphatic carbocycles. The van der Waals surface area contributed by atoms with E-state index in [-0.39, 0.29) is 9.77 Å². The molecule has 24 heavy (non-hydrogen) atoms. The van der Waals surface area contributed by atoms with Crippen molar-refractivity contribution in [3.8, 4) is 0 Å². The van der Waals surface area contributed by atoms with Crippen molar-refractivity contribution >= 4 is 31.6 Å². The fraction of sp³-hybridized carbons (Fsp3) is 0.562. The standard InChI is InChI=1S/C16H23N3O3S2/c1-3-7-19-14-6-5-13(12-15(14)23-16(19)20)24(21,22)18-10-8-17(4-2)9-11-18/h5-6,12H,3-4,7-11H2,1-2H3. The van der Waals surface area contributed by atoms with Gasteiger partial charge in [0, 0.05) is 32.7 Å². The van der Waals surface area contributed by atoms with Crippen molar-refractivity contribution in [2.24, 2.45) is 0 Å². The SMILES string of the molecule is CCCn1c(=O)sc2cc(S(=O)(=O)N3CCN(CC)CC3)ccc21. The molecule has 0 N–H and O–H groups in total. The first-order valence-corrected chi connectivity index (χ1v) is 10.6. The molecule has 0 radical (unpaired) electrons. The summed E-state index contributed by atoms with van der Waals surface area (Å²) in [6.45, 7) is 8.26. The molecule has 1 fully saturated rings. The average molecular weight is 370 g/mol. The zero-order valence-corrected chi connectivity index (χ0v) is 15.7. The second kappa shape index (κ2) is 6.95. The van der Waals surface area contributed by atoms with Crippen molar-refractivity contribution in [3.63, 3.8) is 0 Å². The van der Waals surface area contributed by atoms with Crippen molar-refractivity contribution in [1.82, 2.24) is 13.8 Å². The molecule has 8 heteroatoms. The van der Waals surface area contributed by atoms with Crippen LogP contribution in [0.1, 0.15) is 20.3 Å². The summed E-state index contributed by atoms with van der Waals surface area (Å²) >= 11 is 1.12. The number of fused-ring (bicyclic) bond motifs is 1. The highest BCUT2D eigenvalue weighted by molar-refractivity contribution is 7.89. The monoisotopic (exact) mass is 369 g/mol. The summed E-state index contributed by atoms with van der Waals surface area (Å²) in [7, 11) is -3.50. The van der Waals surface area contributed by atoms with Gasteiger partial charge in [-0.3, -0.25) is 9.36 Å². The van der Waals surface area contributed by atoms with Gasteiger partial charge in [-0.2, -0.15) is 4.31 Å². The maximum Gasteiger partial charge on any atom is 0.308 e. The zero-order chi connectivity index (χ0) is 17.3. The van der Waals surface area contributed by atoms with Crippen LogP contribution in [0.2, 0.25) is 0 Å². The Morgan fingerprint density at radius 1 is 1.12 bits per heavy atom. The van der Waals surface area contributed by atoms with E-state index in [1.54, 1.807) is 27.1 Å². The summed E-state index contributed by atoms with van der Waals surface area (Å²) in [4.78, 5) is 14.6. The predicted molar refractivity (Wildman–Crippen MR) is 97.2 cm³/mol. The molecule has 1 aliphatic heterocycles. The Hall–Kier alpha value is -1.22. The Labute approximate surface area is 146 Å². The van der Waals surface area contributed by atoms with Crippen LogP contribution < -0.4 is 4.87 Å². The summed E-state index contributed by atoms with van der Waals surface area (Å²) in [6, 6.07) is 5.04. The van der Waals surface area contributed by atoms with Crippen LogP contribution in [0.15, 0.2) is 27.9 Å². The third-order valence-electron chi connectivity index (χ3n) is 4.50. The van der Waals surface area contributed by atoms with Crippen LogP contribution in [0.3, 0.4) is 0 Å². The van der Waals surface area contributed by atoms with E-state index in [1.165, 1.54) is 0 Å². The molecule has 1 aromatic heterocycles. The lowest BCUT2D eigenvalue weighted by Gasteiger charge is -2.33. The first-order valence-electron chi connectivity index (χ1n) is 8.33. The molecule has 2 heterocycles. The topological polar surface area (TPSA) is 62.6 Å². The summed E-state index contributed by atoms with van der Waals surface area (Å²) in [6.07, 6.45) is 0.869. The van der Waals surface area contributed by atoms with Gasteiger partial charge < -0.3 is 4.90 Å². The number of rotatable bonds is 5. The molecular weight excluding hydrogens is 346 g/mol. The smallest absolute Gasteiger partial charge is 0.301 e. The van der Waals surface area contributed by atoms with E-state index < -0.39 is 10.0 Å². The Morgan fingerprint density at radius 2 is 1.83 bits per heavy atom. The van der Waals surface area contributed by atoms with Crippen molar-refractivity contribution in [3.05, 3.63) is 27.9 Å². The lowest BCUT2D eigenvalue weighted by molar-refractivity contribution is 0.196. The first-order chi connectivity index (χ1) is 11.5. The molecule has 1 aromatic carbocycles. The van der Waals surface area contributed by atoms with Gasteiger partial charge in [0.15, 0.2) is 0 Å². The number of hydrogen-bond donors (Lipinski definition) is 0. The Morgan fingerprint density at radius 3 is 2.46 bits per heavy atom. The number of benzene rings is 1. The van der Waals surface area contributed by atoms with E-state index in [0.29, 0.717) is 19.6 Å². The zero-order valence-electron chi connectivity index (χ0n) is 14.1. The number of thiazole rings is 1. The van der Waals surface area contributed by atoms with Crippen LogP contribution in [0.5, 0.6) is 0 Å². The summed E-state index contributed by atoms with van der Waals surface area (Å²) < 4.78 is 29.7. The Balaban J connectivity index is 1.93. The van der Waals surface area contributed by atoms with E-state index in [4.69, 9.17) is 0 Å². The molecule has 0 unspecified atom stereocenters. The molecule has 0 saturated carbocycles. The van der Waals surface area contributed by atoms with Crippen LogP contribution in [0.25, 0.3) is 10.2 Å². The highest BCUT2D eigenvalue weighted by Gasteiger charge is 2.28. The summed E-state index contributed by atoms with van der Waals surface area (Å²) in [5.41, 5.74) is 0.821. The molecule has 0 spiro atoms. The largest absolute Gasteiger partial charge is 0.308 e. The Bertz CT molecular complexity index is 878. The highest BCUT2D eigenvalue weighted by atomic mass is 32.2. The van der Waals surface area contributed by atoms with Gasteiger partial charge in [-0.15, -0.1) is 0 Å². The van der Waals surface area contributed by atoms with Crippen LogP contribution in [0, 0.1) is 0 Å².